The molecule has 1 aromatic rings. The molecule has 18 heavy (non-hydrogen) atoms. The molecule has 0 fully saturated rings. The fraction of sp³-hybridized carbons (Fsp3) is 0.364. The van der Waals surface area contributed by atoms with Crippen LogP contribution in [-0.2, 0) is 10.7 Å². The van der Waals surface area contributed by atoms with Crippen LogP contribution in [0, 0.1) is 0 Å². The number of rotatable bonds is 4. The summed E-state index contributed by atoms with van der Waals surface area (Å²) < 4.78 is 40.2. The third kappa shape index (κ3) is 4.17. The molecule has 1 unspecified atom stereocenters. The van der Waals surface area contributed by atoms with Crippen LogP contribution in [-0.4, -0.2) is 12.1 Å². The van der Waals surface area contributed by atoms with Crippen molar-refractivity contribution in [1.82, 2.24) is 0 Å². The number of hydrogen-bond donors (Lipinski definition) is 0. The van der Waals surface area contributed by atoms with E-state index in [1.54, 1.807) is 0 Å². The van der Waals surface area contributed by atoms with Gasteiger partial charge < -0.3 is 4.74 Å². The summed E-state index contributed by atoms with van der Waals surface area (Å²) in [5, 5.41) is 0. The summed E-state index contributed by atoms with van der Waals surface area (Å²) in [5.74, 6) is -0.652. The topological polar surface area (TPSA) is 26.3 Å². The van der Waals surface area contributed by atoms with Gasteiger partial charge in [0.25, 0.3) is 0 Å². The average molecular weight is 346 g/mol. The molecule has 0 aliphatic heterocycles. The molecule has 0 aromatic heterocycles. The van der Waals surface area contributed by atoms with E-state index < -0.39 is 11.2 Å². The molecule has 0 bridgehead atoms. The summed E-state index contributed by atoms with van der Waals surface area (Å²) in [6, 6.07) is 3.95. The number of carbonyl (C=O) groups excluding carboxylic acids is 1. The van der Waals surface area contributed by atoms with E-state index >= 15 is 0 Å². The van der Waals surface area contributed by atoms with Gasteiger partial charge in [-0.15, -0.1) is 24.8 Å². The summed E-state index contributed by atoms with van der Waals surface area (Å²) in [5.41, 5.74) is 0.713. The maximum absolute atomic E-state index is 12.1. The Morgan fingerprint density at radius 1 is 1.50 bits per heavy atom. The highest BCUT2D eigenvalue weighted by Gasteiger charge is 2.32. The third-order valence-electron chi connectivity index (χ3n) is 2.10. The molecule has 0 aliphatic rings. The molecule has 0 heterocycles. The zero-order chi connectivity index (χ0) is 13.9. The molecular formula is C11H9BrClF3O2. The number of ether oxygens (including phenoxy) is 1. The first-order valence-corrected chi connectivity index (χ1v) is 6.28. The summed E-state index contributed by atoms with van der Waals surface area (Å²) in [6.07, 6.45) is -4.77. The van der Waals surface area contributed by atoms with Crippen LogP contribution in [0.25, 0.3) is 0 Å². The lowest BCUT2D eigenvalue weighted by Crippen LogP contribution is -2.18. The predicted molar refractivity (Wildman–Crippen MR) is 65.0 cm³/mol. The van der Waals surface area contributed by atoms with E-state index in [1.807, 2.05) is 0 Å². The maximum Gasteiger partial charge on any atom is 0.573 e. The van der Waals surface area contributed by atoms with Crippen LogP contribution >= 0.6 is 27.5 Å². The van der Waals surface area contributed by atoms with Gasteiger partial charge >= 0.3 is 6.36 Å². The van der Waals surface area contributed by atoms with Gasteiger partial charge in [-0.2, -0.15) is 0 Å². The number of carbonyl (C=O) groups is 1. The Kier molecular flexibility index (Phi) is 5.04. The van der Waals surface area contributed by atoms with E-state index in [9.17, 15) is 18.0 Å². The van der Waals surface area contributed by atoms with Crippen LogP contribution in [0.1, 0.15) is 22.9 Å². The highest BCUT2D eigenvalue weighted by molar-refractivity contribution is 9.09. The van der Waals surface area contributed by atoms with Crippen LogP contribution in [0.15, 0.2) is 18.2 Å². The Labute approximate surface area is 115 Å². The van der Waals surface area contributed by atoms with Gasteiger partial charge in [0, 0.05) is 5.56 Å². The van der Waals surface area contributed by atoms with Crippen molar-refractivity contribution in [3.05, 3.63) is 29.3 Å². The first-order valence-electron chi connectivity index (χ1n) is 4.83. The van der Waals surface area contributed by atoms with Gasteiger partial charge in [0.1, 0.15) is 11.5 Å². The van der Waals surface area contributed by atoms with Gasteiger partial charge in [-0.05, 0) is 24.6 Å². The van der Waals surface area contributed by atoms with Gasteiger partial charge in [0.05, 0.1) is 10.7 Å². The lowest BCUT2D eigenvalue weighted by Gasteiger charge is -2.14. The highest BCUT2D eigenvalue weighted by Crippen LogP contribution is 2.32. The van der Waals surface area contributed by atoms with Crippen LogP contribution in [0.3, 0.4) is 0 Å². The summed E-state index contributed by atoms with van der Waals surface area (Å²) in [7, 11) is 0. The Hall–Kier alpha value is -0.750. The maximum atomic E-state index is 12.1. The van der Waals surface area contributed by atoms with E-state index in [-0.39, 0.29) is 23.0 Å². The van der Waals surface area contributed by atoms with Crippen LogP contribution < -0.4 is 4.74 Å². The van der Waals surface area contributed by atoms with E-state index in [1.165, 1.54) is 19.1 Å². The van der Waals surface area contributed by atoms with Crippen LogP contribution in [0.2, 0.25) is 0 Å². The smallest absolute Gasteiger partial charge is 0.405 e. The molecule has 100 valence electrons. The monoisotopic (exact) mass is 344 g/mol. The Balaban J connectivity index is 3.07. The van der Waals surface area contributed by atoms with E-state index in [0.29, 0.717) is 5.56 Å². The van der Waals surface area contributed by atoms with E-state index in [4.69, 9.17) is 11.6 Å². The molecule has 2 nitrogen and oxygen atoms in total. The lowest BCUT2D eigenvalue weighted by atomic mass is 10.1. The molecule has 7 heteroatoms. The number of hydrogen-bond acceptors (Lipinski definition) is 2. The molecule has 0 amide bonds. The number of alkyl halides is 5. The second-order valence-corrected chi connectivity index (χ2v) is 4.70. The predicted octanol–water partition coefficient (Wildman–Crippen LogP) is 4.35. The summed E-state index contributed by atoms with van der Waals surface area (Å²) in [4.78, 5) is 10.6. The SMILES string of the molecule is CC(=O)C(Br)c1ccc(OC(F)(F)F)c(CCl)c1. The third-order valence-corrected chi connectivity index (χ3v) is 3.57. The molecule has 1 atom stereocenters. The van der Waals surface area contributed by atoms with Crippen molar-refractivity contribution < 1.29 is 22.7 Å². The molecule has 0 aliphatic carbocycles. The number of halogens is 5. The minimum absolute atomic E-state index is 0.142. The number of ketones is 1. The minimum atomic E-state index is -4.77. The van der Waals surface area contributed by atoms with E-state index in [0.717, 1.165) is 6.07 Å². The van der Waals surface area contributed by atoms with Crippen molar-refractivity contribution in [3.8, 4) is 5.75 Å². The molecular weight excluding hydrogens is 336 g/mol. The number of benzene rings is 1. The first-order chi connectivity index (χ1) is 8.24. The van der Waals surface area contributed by atoms with Crippen molar-refractivity contribution in [1.29, 1.82) is 0 Å². The second-order valence-electron chi connectivity index (χ2n) is 3.52. The minimum Gasteiger partial charge on any atom is -0.405 e. The first kappa shape index (κ1) is 15.3. The quantitative estimate of drug-likeness (QED) is 0.758. The molecule has 0 saturated heterocycles. The molecule has 1 aromatic carbocycles. The summed E-state index contributed by atoms with van der Waals surface area (Å²) in [6.45, 7) is 1.37. The summed E-state index contributed by atoms with van der Waals surface area (Å²) >= 11 is 8.71. The Morgan fingerprint density at radius 3 is 2.56 bits per heavy atom. The Morgan fingerprint density at radius 2 is 2.11 bits per heavy atom. The largest absolute Gasteiger partial charge is 0.573 e. The van der Waals surface area contributed by atoms with Gasteiger partial charge in [0.15, 0.2) is 0 Å². The zero-order valence-corrected chi connectivity index (χ0v) is 11.6. The van der Waals surface area contributed by atoms with Gasteiger partial charge in [-0.25, -0.2) is 0 Å². The van der Waals surface area contributed by atoms with Crippen molar-refractivity contribution in [2.75, 3.05) is 0 Å². The fourth-order valence-electron chi connectivity index (χ4n) is 1.32. The molecule has 1 rings (SSSR count). The standard InChI is InChI=1S/C11H9BrClF3O2/c1-6(17)10(12)7-2-3-9(8(4-7)5-13)18-11(14,15)16/h2-4,10H,5H2,1H3. The van der Waals surface area contributed by atoms with Crippen molar-refractivity contribution in [2.45, 2.75) is 24.0 Å². The van der Waals surface area contributed by atoms with Crippen LogP contribution in [0.4, 0.5) is 13.2 Å². The lowest BCUT2D eigenvalue weighted by molar-refractivity contribution is -0.274. The molecule has 0 N–H and O–H groups in total. The Bertz CT molecular complexity index is 448. The van der Waals surface area contributed by atoms with Gasteiger partial charge in [-0.3, -0.25) is 4.79 Å². The molecule has 0 spiro atoms. The average Bonchev–Trinajstić information content (AvgIpc) is 2.26. The zero-order valence-electron chi connectivity index (χ0n) is 9.22. The van der Waals surface area contributed by atoms with Crippen LogP contribution in [0.5, 0.6) is 5.75 Å². The number of Topliss-reactive ketones (excluding diaryl/α,β-unsaturated/α-hetero) is 1. The normalized spacial score (nSPS) is 13.2. The fourth-order valence-corrected chi connectivity index (χ4v) is 1.81. The van der Waals surface area contributed by atoms with Crippen molar-refractivity contribution >= 4 is 33.3 Å². The molecule has 0 radical (unpaired) electrons. The second kappa shape index (κ2) is 5.93. The van der Waals surface area contributed by atoms with Gasteiger partial charge in [0.2, 0.25) is 0 Å². The van der Waals surface area contributed by atoms with Crippen molar-refractivity contribution in [3.63, 3.8) is 0 Å². The van der Waals surface area contributed by atoms with Crippen molar-refractivity contribution in [2.24, 2.45) is 0 Å². The highest BCUT2D eigenvalue weighted by atomic mass is 79.9. The van der Waals surface area contributed by atoms with Gasteiger partial charge in [-0.1, -0.05) is 22.0 Å². The molecule has 0 saturated carbocycles. The van der Waals surface area contributed by atoms with E-state index in [2.05, 4.69) is 20.7 Å².